The van der Waals surface area contributed by atoms with Crippen molar-refractivity contribution in [2.75, 3.05) is 0 Å². The summed E-state index contributed by atoms with van der Waals surface area (Å²) in [6.45, 7) is 0. The Labute approximate surface area is 301 Å². The molecule has 0 unspecified atom stereocenters. The van der Waals surface area contributed by atoms with Crippen LogP contribution < -0.4 is 9.47 Å². The molecule has 0 fully saturated rings. The molecule has 8 aromatic carbocycles. The highest BCUT2D eigenvalue weighted by molar-refractivity contribution is 6.10. The molecule has 0 radical (unpaired) electrons. The summed E-state index contributed by atoms with van der Waals surface area (Å²) in [6, 6.07) is 67.0. The highest BCUT2D eigenvalue weighted by Gasteiger charge is 2.51. The van der Waals surface area contributed by atoms with Crippen molar-refractivity contribution in [2.24, 2.45) is 0 Å². The second kappa shape index (κ2) is 11.1. The van der Waals surface area contributed by atoms with E-state index in [1.54, 1.807) is 0 Å². The number of rotatable bonds is 3. The fourth-order valence-electron chi connectivity index (χ4n) is 8.77. The van der Waals surface area contributed by atoms with Crippen LogP contribution in [0.3, 0.4) is 0 Å². The average Bonchev–Trinajstić information content (AvgIpc) is 3.54. The molecule has 0 bridgehead atoms. The Bertz CT molecular complexity index is 2810. The van der Waals surface area contributed by atoms with Crippen LogP contribution in [0.4, 0.5) is 0 Å². The molecule has 2 aliphatic heterocycles. The molecule has 2 aliphatic rings. The molecule has 0 N–H and O–H groups in total. The zero-order valence-corrected chi connectivity index (χ0v) is 28.2. The number of benzene rings is 8. The molecule has 3 heteroatoms. The van der Waals surface area contributed by atoms with Gasteiger partial charge < -0.3 is 14.0 Å². The van der Waals surface area contributed by atoms with Crippen molar-refractivity contribution in [2.45, 2.75) is 5.41 Å². The maximum Gasteiger partial charge on any atom is 0.132 e. The minimum atomic E-state index is -0.721. The minimum absolute atomic E-state index is 0.721. The van der Waals surface area contributed by atoms with Crippen molar-refractivity contribution in [3.05, 3.63) is 210 Å². The minimum Gasteiger partial charge on any atom is -0.457 e. The Hall–Kier alpha value is -6.84. The van der Waals surface area contributed by atoms with E-state index in [9.17, 15) is 0 Å². The van der Waals surface area contributed by atoms with E-state index in [0.29, 0.717) is 0 Å². The van der Waals surface area contributed by atoms with Crippen molar-refractivity contribution in [1.82, 2.24) is 4.57 Å². The molecular formula is C49H31NO2. The lowest BCUT2D eigenvalue weighted by atomic mass is 9.60. The molecule has 0 amide bonds. The lowest BCUT2D eigenvalue weighted by Gasteiger charge is -2.45. The number of hydrogen-bond donors (Lipinski definition) is 0. The largest absolute Gasteiger partial charge is 0.457 e. The first-order valence-electron chi connectivity index (χ1n) is 17.8. The number of nitrogens with zero attached hydrogens (tertiary/aromatic N) is 1. The Morgan fingerprint density at radius 2 is 0.962 bits per heavy atom. The molecule has 0 aliphatic carbocycles. The summed E-state index contributed by atoms with van der Waals surface area (Å²) in [6.07, 6.45) is 0. The van der Waals surface area contributed by atoms with Crippen LogP contribution in [-0.2, 0) is 5.41 Å². The maximum absolute atomic E-state index is 7.04. The van der Waals surface area contributed by atoms with Gasteiger partial charge in [0.05, 0.1) is 16.4 Å². The van der Waals surface area contributed by atoms with Gasteiger partial charge in [0.15, 0.2) is 0 Å². The van der Waals surface area contributed by atoms with E-state index in [-0.39, 0.29) is 0 Å². The van der Waals surface area contributed by atoms with Crippen LogP contribution in [0.5, 0.6) is 23.0 Å². The summed E-state index contributed by atoms with van der Waals surface area (Å²) < 4.78 is 16.1. The van der Waals surface area contributed by atoms with Gasteiger partial charge in [0.1, 0.15) is 23.0 Å². The number of hydrogen-bond acceptors (Lipinski definition) is 2. The predicted molar refractivity (Wildman–Crippen MR) is 210 cm³/mol. The molecule has 11 rings (SSSR count). The van der Waals surface area contributed by atoms with Gasteiger partial charge in [-0.2, -0.15) is 0 Å². The fraction of sp³-hybridized carbons (Fsp3) is 0.0204. The van der Waals surface area contributed by atoms with Crippen LogP contribution in [0.2, 0.25) is 0 Å². The molecule has 3 heterocycles. The van der Waals surface area contributed by atoms with Gasteiger partial charge >= 0.3 is 0 Å². The molecule has 3 nitrogen and oxygen atoms in total. The Balaban J connectivity index is 1.24. The second-order valence-electron chi connectivity index (χ2n) is 13.6. The van der Waals surface area contributed by atoms with Crippen LogP contribution in [-0.4, -0.2) is 4.57 Å². The predicted octanol–water partition coefficient (Wildman–Crippen LogP) is 12.7. The SMILES string of the molecule is c1ccc(-c2ccc3c(c2)Oc2cccc(-c4ccc5c6ccccc6n(-c6ccccc6)c5c4)c2C32c3ccccc3Oc3ccccc32)cc1. The average molecular weight is 666 g/mol. The first-order valence-corrected chi connectivity index (χ1v) is 17.8. The number of fused-ring (bicyclic) bond motifs is 11. The van der Waals surface area contributed by atoms with Crippen molar-refractivity contribution >= 4 is 21.8 Å². The third-order valence-corrected chi connectivity index (χ3v) is 10.9. The monoisotopic (exact) mass is 665 g/mol. The number of para-hydroxylation sites is 4. The molecular weight excluding hydrogens is 635 g/mol. The van der Waals surface area contributed by atoms with Crippen molar-refractivity contribution in [3.63, 3.8) is 0 Å². The van der Waals surface area contributed by atoms with E-state index in [0.717, 1.165) is 78.7 Å². The maximum atomic E-state index is 7.04. The van der Waals surface area contributed by atoms with Gasteiger partial charge in [-0.15, -0.1) is 0 Å². The normalized spacial score (nSPS) is 13.5. The van der Waals surface area contributed by atoms with Crippen LogP contribution in [0.25, 0.3) is 49.7 Å². The lowest BCUT2D eigenvalue weighted by Crippen LogP contribution is -2.37. The van der Waals surface area contributed by atoms with Crippen LogP contribution in [0.1, 0.15) is 22.3 Å². The lowest BCUT2D eigenvalue weighted by molar-refractivity contribution is 0.400. The van der Waals surface area contributed by atoms with E-state index in [1.165, 1.54) is 16.3 Å². The summed E-state index contributed by atoms with van der Waals surface area (Å²) in [5.41, 5.74) is 11.7. The molecule has 0 saturated carbocycles. The van der Waals surface area contributed by atoms with Crippen molar-refractivity contribution in [3.8, 4) is 50.9 Å². The molecule has 1 aromatic heterocycles. The highest BCUT2D eigenvalue weighted by atomic mass is 16.5. The molecule has 52 heavy (non-hydrogen) atoms. The van der Waals surface area contributed by atoms with E-state index < -0.39 is 5.41 Å². The second-order valence-corrected chi connectivity index (χ2v) is 13.6. The topological polar surface area (TPSA) is 23.4 Å². The van der Waals surface area contributed by atoms with Gasteiger partial charge in [-0.3, -0.25) is 0 Å². The molecule has 0 saturated heterocycles. The van der Waals surface area contributed by atoms with Crippen molar-refractivity contribution < 1.29 is 9.47 Å². The quantitative estimate of drug-likeness (QED) is 0.187. The first kappa shape index (κ1) is 28.9. The van der Waals surface area contributed by atoms with Gasteiger partial charge in [0, 0.05) is 38.7 Å². The third-order valence-electron chi connectivity index (χ3n) is 10.9. The van der Waals surface area contributed by atoms with Gasteiger partial charge in [-0.25, -0.2) is 0 Å². The third kappa shape index (κ3) is 4.02. The van der Waals surface area contributed by atoms with E-state index in [1.807, 2.05) is 0 Å². The zero-order chi connectivity index (χ0) is 34.2. The number of ether oxygens (including phenoxy) is 2. The molecule has 9 aromatic rings. The number of aromatic nitrogens is 1. The fourth-order valence-corrected chi connectivity index (χ4v) is 8.77. The highest BCUT2D eigenvalue weighted by Crippen LogP contribution is 2.63. The van der Waals surface area contributed by atoms with E-state index in [2.05, 4.69) is 193 Å². The van der Waals surface area contributed by atoms with Crippen LogP contribution in [0, 0.1) is 0 Å². The van der Waals surface area contributed by atoms with Crippen LogP contribution >= 0.6 is 0 Å². The molecule has 0 atom stereocenters. The Morgan fingerprint density at radius 1 is 0.365 bits per heavy atom. The first-order chi connectivity index (χ1) is 25.8. The van der Waals surface area contributed by atoms with Gasteiger partial charge in [-0.1, -0.05) is 140 Å². The Kier molecular flexibility index (Phi) is 6.17. The van der Waals surface area contributed by atoms with Gasteiger partial charge in [0.25, 0.3) is 0 Å². The summed E-state index contributed by atoms with van der Waals surface area (Å²) in [4.78, 5) is 0. The summed E-state index contributed by atoms with van der Waals surface area (Å²) in [5.74, 6) is 3.38. The van der Waals surface area contributed by atoms with Gasteiger partial charge in [-0.05, 0) is 70.8 Å². The smallest absolute Gasteiger partial charge is 0.132 e. The summed E-state index contributed by atoms with van der Waals surface area (Å²) in [7, 11) is 0. The van der Waals surface area contributed by atoms with E-state index in [4.69, 9.17) is 9.47 Å². The molecule has 1 spiro atoms. The zero-order valence-electron chi connectivity index (χ0n) is 28.2. The standard InChI is InChI=1S/C49H31NO2/c1-3-14-32(15-4-1)33-27-29-41-47(31-33)52-46-25-13-19-36(48(46)49(41)39-20-8-11-23-44(39)51-45-24-12-9-21-40(45)49)34-26-28-38-37-18-7-10-22-42(37)50(43(38)30-34)35-16-5-2-6-17-35/h1-31H. The van der Waals surface area contributed by atoms with Crippen LogP contribution in [0.15, 0.2) is 188 Å². The molecule has 244 valence electrons. The van der Waals surface area contributed by atoms with E-state index >= 15 is 0 Å². The summed E-state index contributed by atoms with van der Waals surface area (Å²) in [5, 5.41) is 2.46. The van der Waals surface area contributed by atoms with Crippen molar-refractivity contribution in [1.29, 1.82) is 0 Å². The van der Waals surface area contributed by atoms with Gasteiger partial charge in [0.2, 0.25) is 0 Å². The summed E-state index contributed by atoms with van der Waals surface area (Å²) >= 11 is 0. The Morgan fingerprint density at radius 3 is 1.75 bits per heavy atom.